The fourth-order valence-electron chi connectivity index (χ4n) is 3.11. The molecule has 3 unspecified atom stereocenters. The van der Waals surface area contributed by atoms with Crippen LogP contribution in [0.25, 0.3) is 11.5 Å². The monoisotopic (exact) mass is 274 g/mol. The maximum Gasteiger partial charge on any atom is 0.261 e. The van der Waals surface area contributed by atoms with Crippen LogP contribution in [0.2, 0.25) is 0 Å². The van der Waals surface area contributed by atoms with Crippen LogP contribution >= 0.6 is 0 Å². The third-order valence-electron chi connectivity index (χ3n) is 4.09. The average molecular weight is 274 g/mol. The number of hydrogen-bond donors (Lipinski definition) is 2. The van der Waals surface area contributed by atoms with Gasteiger partial charge in [0.15, 0.2) is 5.82 Å². The van der Waals surface area contributed by atoms with Gasteiger partial charge in [-0.15, -0.1) is 0 Å². The van der Waals surface area contributed by atoms with Crippen molar-refractivity contribution >= 4 is 0 Å². The summed E-state index contributed by atoms with van der Waals surface area (Å²) in [5.74, 6) is 1.00. The smallest absolute Gasteiger partial charge is 0.261 e. The summed E-state index contributed by atoms with van der Waals surface area (Å²) >= 11 is 0. The number of phenols is 2. The number of aromatic hydroxyl groups is 2. The quantitative estimate of drug-likeness (QED) is 0.872. The Morgan fingerprint density at radius 3 is 2.80 bits per heavy atom. The summed E-state index contributed by atoms with van der Waals surface area (Å²) in [7, 11) is 0. The normalized spacial score (nSPS) is 28.1. The van der Waals surface area contributed by atoms with Crippen molar-refractivity contribution in [2.45, 2.75) is 37.4 Å². The summed E-state index contributed by atoms with van der Waals surface area (Å²) in [6, 6.07) is 4.28. The summed E-state index contributed by atoms with van der Waals surface area (Å²) in [4.78, 5) is 4.37. The van der Waals surface area contributed by atoms with Crippen LogP contribution in [0, 0.1) is 0 Å². The highest BCUT2D eigenvalue weighted by atomic mass is 16.5. The molecule has 0 amide bonds. The third kappa shape index (κ3) is 1.76. The van der Waals surface area contributed by atoms with Crippen molar-refractivity contribution < 1.29 is 19.5 Å². The van der Waals surface area contributed by atoms with Crippen LogP contribution < -0.4 is 0 Å². The van der Waals surface area contributed by atoms with Crippen LogP contribution in [0.1, 0.15) is 31.0 Å². The molecule has 0 saturated carbocycles. The number of nitrogens with zero attached hydrogens (tertiary/aromatic N) is 2. The largest absolute Gasteiger partial charge is 0.508 e. The zero-order valence-electron chi connectivity index (χ0n) is 10.7. The summed E-state index contributed by atoms with van der Waals surface area (Å²) < 4.78 is 11.0. The molecule has 2 bridgehead atoms. The van der Waals surface area contributed by atoms with Gasteiger partial charge in [-0.3, -0.25) is 0 Å². The number of ether oxygens (including phenoxy) is 1. The first-order valence-electron chi connectivity index (χ1n) is 6.72. The first kappa shape index (κ1) is 11.7. The number of hydrogen-bond acceptors (Lipinski definition) is 6. The Kier molecular flexibility index (Phi) is 2.47. The van der Waals surface area contributed by atoms with Gasteiger partial charge in [0.1, 0.15) is 11.5 Å². The lowest BCUT2D eigenvalue weighted by Gasteiger charge is -2.13. The molecule has 2 saturated heterocycles. The number of benzene rings is 1. The summed E-state index contributed by atoms with van der Waals surface area (Å²) in [6.07, 6.45) is 3.62. The molecule has 2 N–H and O–H groups in total. The molecule has 2 aromatic rings. The van der Waals surface area contributed by atoms with E-state index in [1.54, 1.807) is 6.07 Å². The zero-order chi connectivity index (χ0) is 13.7. The minimum atomic E-state index is -0.0793. The molecule has 0 aliphatic carbocycles. The lowest BCUT2D eigenvalue weighted by atomic mass is 9.89. The van der Waals surface area contributed by atoms with Crippen molar-refractivity contribution in [1.29, 1.82) is 0 Å². The minimum absolute atomic E-state index is 0.00695. The second kappa shape index (κ2) is 4.21. The predicted octanol–water partition coefficient (Wildman–Crippen LogP) is 2.18. The van der Waals surface area contributed by atoms with Crippen molar-refractivity contribution in [3.63, 3.8) is 0 Å². The topological polar surface area (TPSA) is 88.6 Å². The van der Waals surface area contributed by atoms with Crippen LogP contribution in [0.4, 0.5) is 0 Å². The molecule has 1 aromatic carbocycles. The molecule has 3 atom stereocenters. The standard InChI is InChI=1S/C14H14N2O4/c17-7-1-3-9(11(18)5-7)14-15-13(16-20-14)10-6-8-2-4-12(10)19-8/h1,3,5,8,10,12,17-18H,2,4,6H2. The summed E-state index contributed by atoms with van der Waals surface area (Å²) in [6.45, 7) is 0. The van der Waals surface area contributed by atoms with E-state index in [-0.39, 0.29) is 29.4 Å². The van der Waals surface area contributed by atoms with Gasteiger partial charge in [-0.05, 0) is 31.4 Å². The number of aromatic nitrogens is 2. The Morgan fingerprint density at radius 1 is 1.20 bits per heavy atom. The van der Waals surface area contributed by atoms with Gasteiger partial charge in [-0.2, -0.15) is 4.98 Å². The van der Waals surface area contributed by atoms with Gasteiger partial charge in [0.25, 0.3) is 5.89 Å². The molecule has 3 heterocycles. The molecule has 1 aromatic heterocycles. The second-order valence-corrected chi connectivity index (χ2v) is 5.38. The molecule has 4 rings (SSSR count). The fraction of sp³-hybridized carbons (Fsp3) is 0.429. The second-order valence-electron chi connectivity index (χ2n) is 5.38. The maximum atomic E-state index is 9.81. The van der Waals surface area contributed by atoms with Crippen molar-refractivity contribution in [1.82, 2.24) is 10.1 Å². The first-order chi connectivity index (χ1) is 9.70. The van der Waals surface area contributed by atoms with Gasteiger partial charge in [-0.1, -0.05) is 5.16 Å². The van der Waals surface area contributed by atoms with Crippen molar-refractivity contribution in [2.75, 3.05) is 0 Å². The molecule has 104 valence electrons. The highest BCUT2D eigenvalue weighted by Crippen LogP contribution is 2.44. The van der Waals surface area contributed by atoms with E-state index in [0.29, 0.717) is 17.5 Å². The van der Waals surface area contributed by atoms with E-state index in [1.165, 1.54) is 12.1 Å². The third-order valence-corrected chi connectivity index (χ3v) is 4.09. The number of fused-ring (bicyclic) bond motifs is 2. The van der Waals surface area contributed by atoms with E-state index < -0.39 is 0 Å². The highest BCUT2D eigenvalue weighted by Gasteiger charge is 2.43. The minimum Gasteiger partial charge on any atom is -0.508 e. The Bertz CT molecular complexity index is 654. The molecule has 20 heavy (non-hydrogen) atoms. The van der Waals surface area contributed by atoms with Gasteiger partial charge < -0.3 is 19.5 Å². The van der Waals surface area contributed by atoms with E-state index in [4.69, 9.17) is 9.26 Å². The summed E-state index contributed by atoms with van der Waals surface area (Å²) in [5.41, 5.74) is 0.422. The zero-order valence-corrected chi connectivity index (χ0v) is 10.7. The molecular weight excluding hydrogens is 260 g/mol. The Morgan fingerprint density at radius 2 is 2.10 bits per heavy atom. The number of phenolic OH excluding ortho intramolecular Hbond substituents is 2. The van der Waals surface area contributed by atoms with E-state index in [2.05, 4.69) is 10.1 Å². The van der Waals surface area contributed by atoms with E-state index in [0.717, 1.165) is 19.3 Å². The molecule has 6 nitrogen and oxygen atoms in total. The molecule has 2 aliphatic heterocycles. The first-order valence-corrected chi connectivity index (χ1v) is 6.72. The molecule has 0 spiro atoms. The Balaban J connectivity index is 1.65. The van der Waals surface area contributed by atoms with E-state index in [1.807, 2.05) is 0 Å². The van der Waals surface area contributed by atoms with Crippen LogP contribution in [0.5, 0.6) is 11.5 Å². The van der Waals surface area contributed by atoms with Gasteiger partial charge in [-0.25, -0.2) is 0 Å². The lowest BCUT2D eigenvalue weighted by molar-refractivity contribution is 0.0996. The van der Waals surface area contributed by atoms with Gasteiger partial charge in [0.05, 0.1) is 23.7 Å². The maximum absolute atomic E-state index is 9.81. The molecular formula is C14H14N2O4. The van der Waals surface area contributed by atoms with Gasteiger partial charge >= 0.3 is 0 Å². The SMILES string of the molecule is Oc1ccc(-c2nc(C3CC4CCC3O4)no2)c(O)c1. The highest BCUT2D eigenvalue weighted by molar-refractivity contribution is 5.63. The molecule has 2 fully saturated rings. The lowest BCUT2D eigenvalue weighted by Crippen LogP contribution is -2.15. The predicted molar refractivity (Wildman–Crippen MR) is 68.3 cm³/mol. The fourth-order valence-corrected chi connectivity index (χ4v) is 3.11. The molecule has 0 radical (unpaired) electrons. The van der Waals surface area contributed by atoms with Crippen LogP contribution in [0.15, 0.2) is 22.7 Å². The molecule has 2 aliphatic rings. The van der Waals surface area contributed by atoms with Gasteiger partial charge in [0.2, 0.25) is 0 Å². The average Bonchev–Trinajstić information content (AvgIpc) is 3.14. The van der Waals surface area contributed by atoms with Gasteiger partial charge in [0, 0.05) is 6.07 Å². The van der Waals surface area contributed by atoms with Crippen LogP contribution in [-0.2, 0) is 4.74 Å². The Labute approximate surface area is 115 Å². The summed E-state index contributed by atoms with van der Waals surface area (Å²) in [5, 5.41) is 23.1. The Hall–Kier alpha value is -2.08. The number of rotatable bonds is 2. The van der Waals surface area contributed by atoms with E-state index in [9.17, 15) is 10.2 Å². The van der Waals surface area contributed by atoms with Crippen molar-refractivity contribution in [3.8, 4) is 23.0 Å². The van der Waals surface area contributed by atoms with Crippen molar-refractivity contribution in [2.24, 2.45) is 0 Å². The molecule has 6 heteroatoms. The van der Waals surface area contributed by atoms with E-state index >= 15 is 0 Å². The van der Waals surface area contributed by atoms with Crippen LogP contribution in [0.3, 0.4) is 0 Å². The van der Waals surface area contributed by atoms with Crippen LogP contribution in [-0.4, -0.2) is 32.6 Å². The van der Waals surface area contributed by atoms with Crippen molar-refractivity contribution in [3.05, 3.63) is 24.0 Å².